The predicted octanol–water partition coefficient (Wildman–Crippen LogP) is 0.979. The van der Waals surface area contributed by atoms with Crippen molar-refractivity contribution in [2.24, 2.45) is 17.1 Å². The van der Waals surface area contributed by atoms with Gasteiger partial charge in [-0.3, -0.25) is 9.59 Å². The minimum absolute atomic E-state index is 0.0943. The standard InChI is InChI=1S/C14H29N3O2/c1-9(2)8-10(13(19)17(6)7)16-12(18)11(15)14(3,4)5/h9-11H,8,15H2,1-7H3,(H,16,18)/t10?,11-/m1/s1. The maximum absolute atomic E-state index is 12.1. The van der Waals surface area contributed by atoms with Crippen LogP contribution >= 0.6 is 0 Å². The molecule has 0 aliphatic carbocycles. The molecule has 3 N–H and O–H groups in total. The number of carbonyl (C=O) groups is 2. The van der Waals surface area contributed by atoms with Gasteiger partial charge in [0.2, 0.25) is 11.8 Å². The van der Waals surface area contributed by atoms with Crippen LogP contribution < -0.4 is 11.1 Å². The first-order chi connectivity index (χ1) is 8.46. The fourth-order valence-electron chi connectivity index (χ4n) is 1.66. The number of nitrogens with zero attached hydrogens (tertiary/aromatic N) is 1. The zero-order valence-electron chi connectivity index (χ0n) is 13.3. The Kier molecular flexibility index (Phi) is 6.49. The minimum Gasteiger partial charge on any atom is -0.347 e. The van der Waals surface area contributed by atoms with Crippen LogP contribution in [-0.2, 0) is 9.59 Å². The summed E-state index contributed by atoms with van der Waals surface area (Å²) >= 11 is 0. The normalized spacial score (nSPS) is 15.0. The summed E-state index contributed by atoms with van der Waals surface area (Å²) in [5, 5.41) is 2.78. The van der Waals surface area contributed by atoms with E-state index in [0.29, 0.717) is 12.3 Å². The van der Waals surface area contributed by atoms with Crippen LogP contribution in [0.2, 0.25) is 0 Å². The Hall–Kier alpha value is -1.10. The van der Waals surface area contributed by atoms with Crippen LogP contribution in [0.4, 0.5) is 0 Å². The van der Waals surface area contributed by atoms with Gasteiger partial charge >= 0.3 is 0 Å². The molecule has 0 saturated carbocycles. The molecule has 0 bridgehead atoms. The molecule has 5 nitrogen and oxygen atoms in total. The van der Waals surface area contributed by atoms with E-state index in [0.717, 1.165) is 0 Å². The summed E-state index contributed by atoms with van der Waals surface area (Å²) < 4.78 is 0. The largest absolute Gasteiger partial charge is 0.347 e. The lowest BCUT2D eigenvalue weighted by atomic mass is 9.86. The van der Waals surface area contributed by atoms with Gasteiger partial charge in [0.1, 0.15) is 6.04 Å². The Bertz CT molecular complexity index is 319. The molecule has 0 radical (unpaired) electrons. The first kappa shape index (κ1) is 17.9. The number of nitrogens with two attached hydrogens (primary N) is 1. The van der Waals surface area contributed by atoms with Crippen molar-refractivity contribution in [2.75, 3.05) is 14.1 Å². The summed E-state index contributed by atoms with van der Waals surface area (Å²) in [6.45, 7) is 9.75. The fraction of sp³-hybridized carbons (Fsp3) is 0.857. The topological polar surface area (TPSA) is 75.4 Å². The molecule has 112 valence electrons. The molecule has 0 saturated heterocycles. The van der Waals surface area contributed by atoms with Gasteiger partial charge in [-0.1, -0.05) is 34.6 Å². The second-order valence-corrected chi connectivity index (χ2v) is 6.77. The van der Waals surface area contributed by atoms with Crippen LogP contribution in [0.25, 0.3) is 0 Å². The monoisotopic (exact) mass is 271 g/mol. The van der Waals surface area contributed by atoms with E-state index in [9.17, 15) is 9.59 Å². The number of nitrogens with one attached hydrogen (secondary N) is 1. The van der Waals surface area contributed by atoms with Crippen molar-refractivity contribution < 1.29 is 9.59 Å². The highest BCUT2D eigenvalue weighted by Crippen LogP contribution is 2.18. The fourth-order valence-corrected chi connectivity index (χ4v) is 1.66. The van der Waals surface area contributed by atoms with Gasteiger partial charge in [0, 0.05) is 14.1 Å². The second kappa shape index (κ2) is 6.89. The molecular weight excluding hydrogens is 242 g/mol. The Morgan fingerprint density at radius 3 is 2.00 bits per heavy atom. The molecule has 0 aromatic rings. The Morgan fingerprint density at radius 2 is 1.68 bits per heavy atom. The summed E-state index contributed by atoms with van der Waals surface area (Å²) in [5.41, 5.74) is 5.59. The summed E-state index contributed by atoms with van der Waals surface area (Å²) in [6.07, 6.45) is 0.611. The highest BCUT2D eigenvalue weighted by molar-refractivity contribution is 5.89. The molecule has 0 aromatic heterocycles. The molecule has 1 unspecified atom stereocenters. The van der Waals surface area contributed by atoms with Crippen LogP contribution in [0.3, 0.4) is 0 Å². The lowest BCUT2D eigenvalue weighted by molar-refractivity contribution is -0.135. The predicted molar refractivity (Wildman–Crippen MR) is 77.5 cm³/mol. The highest BCUT2D eigenvalue weighted by Gasteiger charge is 2.31. The molecule has 5 heteroatoms. The van der Waals surface area contributed by atoms with Crippen molar-refractivity contribution in [1.82, 2.24) is 10.2 Å². The first-order valence-corrected chi connectivity index (χ1v) is 6.74. The maximum atomic E-state index is 12.1. The number of hydrogen-bond acceptors (Lipinski definition) is 3. The van der Waals surface area contributed by atoms with Crippen molar-refractivity contribution in [2.45, 2.75) is 53.1 Å². The molecular formula is C14H29N3O2. The molecule has 0 aliphatic heterocycles. The lowest BCUT2D eigenvalue weighted by Crippen LogP contribution is -2.55. The summed E-state index contributed by atoms with van der Waals surface area (Å²) in [5.74, 6) is -0.0448. The first-order valence-electron chi connectivity index (χ1n) is 6.74. The van der Waals surface area contributed by atoms with E-state index in [1.54, 1.807) is 14.1 Å². The van der Waals surface area contributed by atoms with E-state index in [1.807, 2.05) is 34.6 Å². The number of carbonyl (C=O) groups excluding carboxylic acids is 2. The number of hydrogen-bond donors (Lipinski definition) is 2. The molecule has 0 aliphatic rings. The van der Waals surface area contributed by atoms with Gasteiger partial charge in [0.15, 0.2) is 0 Å². The average Bonchev–Trinajstić information content (AvgIpc) is 2.23. The summed E-state index contributed by atoms with van der Waals surface area (Å²) in [4.78, 5) is 25.7. The number of likely N-dealkylation sites (N-methyl/N-ethyl adjacent to an activating group) is 1. The van der Waals surface area contributed by atoms with Gasteiger partial charge < -0.3 is 16.0 Å². The van der Waals surface area contributed by atoms with Gasteiger partial charge in [-0.2, -0.15) is 0 Å². The van der Waals surface area contributed by atoms with Crippen LogP contribution in [0, 0.1) is 11.3 Å². The minimum atomic E-state index is -0.628. The van der Waals surface area contributed by atoms with Crippen LogP contribution in [0.1, 0.15) is 41.0 Å². The van der Waals surface area contributed by atoms with E-state index < -0.39 is 12.1 Å². The molecule has 0 heterocycles. The molecule has 19 heavy (non-hydrogen) atoms. The number of amides is 2. The van der Waals surface area contributed by atoms with Crippen molar-refractivity contribution in [3.05, 3.63) is 0 Å². The summed E-state index contributed by atoms with van der Waals surface area (Å²) in [6, 6.07) is -1.13. The zero-order chi connectivity index (χ0) is 15.4. The molecule has 0 rings (SSSR count). The van der Waals surface area contributed by atoms with Crippen molar-refractivity contribution in [3.63, 3.8) is 0 Å². The van der Waals surface area contributed by atoms with Gasteiger partial charge in [0.05, 0.1) is 6.04 Å². The molecule has 0 aromatic carbocycles. The second-order valence-electron chi connectivity index (χ2n) is 6.77. The lowest BCUT2D eigenvalue weighted by Gasteiger charge is -2.29. The van der Waals surface area contributed by atoms with Gasteiger partial charge in [0.25, 0.3) is 0 Å². The third-order valence-electron chi connectivity index (χ3n) is 2.98. The van der Waals surface area contributed by atoms with Crippen molar-refractivity contribution >= 4 is 11.8 Å². The van der Waals surface area contributed by atoms with E-state index >= 15 is 0 Å². The Labute approximate surface area is 116 Å². The Balaban J connectivity index is 4.83. The van der Waals surface area contributed by atoms with Gasteiger partial charge in [-0.05, 0) is 17.8 Å². The van der Waals surface area contributed by atoms with Crippen molar-refractivity contribution in [3.8, 4) is 0 Å². The third kappa shape index (κ3) is 6.05. The third-order valence-corrected chi connectivity index (χ3v) is 2.98. The van der Waals surface area contributed by atoms with E-state index in [2.05, 4.69) is 5.32 Å². The summed E-state index contributed by atoms with van der Waals surface area (Å²) in [7, 11) is 3.37. The molecule has 2 amide bonds. The van der Waals surface area contributed by atoms with Crippen molar-refractivity contribution in [1.29, 1.82) is 0 Å². The van der Waals surface area contributed by atoms with Crippen LogP contribution in [0.15, 0.2) is 0 Å². The van der Waals surface area contributed by atoms with E-state index in [1.165, 1.54) is 4.90 Å². The SMILES string of the molecule is CC(C)CC(NC(=O)[C@@H](N)C(C)(C)C)C(=O)N(C)C. The van der Waals surface area contributed by atoms with Crippen LogP contribution in [-0.4, -0.2) is 42.9 Å². The highest BCUT2D eigenvalue weighted by atomic mass is 16.2. The molecule has 0 spiro atoms. The molecule has 0 fully saturated rings. The quantitative estimate of drug-likeness (QED) is 0.782. The zero-order valence-corrected chi connectivity index (χ0v) is 13.3. The van der Waals surface area contributed by atoms with E-state index in [-0.39, 0.29) is 17.2 Å². The molecule has 2 atom stereocenters. The number of rotatable bonds is 5. The van der Waals surface area contributed by atoms with Gasteiger partial charge in [-0.15, -0.1) is 0 Å². The Morgan fingerprint density at radius 1 is 1.21 bits per heavy atom. The van der Waals surface area contributed by atoms with E-state index in [4.69, 9.17) is 5.73 Å². The van der Waals surface area contributed by atoms with Crippen LogP contribution in [0.5, 0.6) is 0 Å². The van der Waals surface area contributed by atoms with Gasteiger partial charge in [-0.25, -0.2) is 0 Å². The average molecular weight is 271 g/mol. The maximum Gasteiger partial charge on any atom is 0.244 e. The smallest absolute Gasteiger partial charge is 0.244 e.